The molecule has 6 heteroatoms. The van der Waals surface area contributed by atoms with Crippen molar-refractivity contribution in [1.82, 2.24) is 10.3 Å². The fourth-order valence-corrected chi connectivity index (χ4v) is 1.98. The molecule has 2 heterocycles. The first-order valence-electron chi connectivity index (χ1n) is 6.96. The van der Waals surface area contributed by atoms with Crippen molar-refractivity contribution in [3.05, 3.63) is 28.8 Å². The lowest BCUT2D eigenvalue weighted by atomic mass is 9.92. The average Bonchev–Trinajstić information content (AvgIpc) is 2.95. The van der Waals surface area contributed by atoms with E-state index in [9.17, 15) is 4.79 Å². The van der Waals surface area contributed by atoms with E-state index < -0.39 is 0 Å². The molecule has 0 saturated carbocycles. The fourth-order valence-electron chi connectivity index (χ4n) is 1.98. The lowest BCUT2D eigenvalue weighted by molar-refractivity contribution is -0.116. The third kappa shape index (κ3) is 3.71. The Morgan fingerprint density at radius 2 is 1.95 bits per heavy atom. The van der Waals surface area contributed by atoms with Crippen LogP contribution in [0.2, 0.25) is 0 Å². The molecular formula is C15H21N3O3. The van der Waals surface area contributed by atoms with Crippen LogP contribution in [0.1, 0.15) is 49.9 Å². The van der Waals surface area contributed by atoms with Gasteiger partial charge >= 0.3 is 0 Å². The summed E-state index contributed by atoms with van der Waals surface area (Å²) in [4.78, 5) is 11.9. The molecule has 2 rings (SSSR count). The van der Waals surface area contributed by atoms with Gasteiger partial charge in [-0.05, 0) is 20.3 Å². The smallest absolute Gasteiger partial charge is 0.231 e. The van der Waals surface area contributed by atoms with Crippen molar-refractivity contribution in [3.63, 3.8) is 0 Å². The second-order valence-corrected chi connectivity index (χ2v) is 6.18. The molecule has 0 bridgehead atoms. The number of hydrogen-bond donors (Lipinski definition) is 1. The van der Waals surface area contributed by atoms with E-state index in [1.165, 1.54) is 0 Å². The Morgan fingerprint density at radius 1 is 1.24 bits per heavy atom. The standard InChI is InChI=1S/C15H21N3O3/c1-9-11(10(2)20-17-9)6-7-13(19)16-14-8-12(18-21-14)15(3,4)5/h8H,6-7H2,1-5H3,(H,16,19). The molecule has 0 aliphatic rings. The normalized spacial score (nSPS) is 11.7. The van der Waals surface area contributed by atoms with Crippen LogP contribution >= 0.6 is 0 Å². The molecule has 0 aliphatic heterocycles. The molecule has 0 atom stereocenters. The van der Waals surface area contributed by atoms with E-state index >= 15 is 0 Å². The predicted molar refractivity (Wildman–Crippen MR) is 78.1 cm³/mol. The third-order valence-corrected chi connectivity index (χ3v) is 3.32. The number of anilines is 1. The molecule has 1 amide bonds. The molecule has 6 nitrogen and oxygen atoms in total. The topological polar surface area (TPSA) is 81.2 Å². The summed E-state index contributed by atoms with van der Waals surface area (Å²) < 4.78 is 10.2. The second-order valence-electron chi connectivity index (χ2n) is 6.18. The molecule has 1 N–H and O–H groups in total. The van der Waals surface area contributed by atoms with Crippen molar-refractivity contribution in [2.45, 2.75) is 52.9 Å². The van der Waals surface area contributed by atoms with Gasteiger partial charge in [0.2, 0.25) is 11.8 Å². The average molecular weight is 291 g/mol. The number of carbonyl (C=O) groups excluding carboxylic acids is 1. The zero-order valence-corrected chi connectivity index (χ0v) is 13.1. The summed E-state index contributed by atoms with van der Waals surface area (Å²) >= 11 is 0. The van der Waals surface area contributed by atoms with Crippen LogP contribution < -0.4 is 5.32 Å². The highest BCUT2D eigenvalue weighted by Crippen LogP contribution is 2.23. The first kappa shape index (κ1) is 15.3. The summed E-state index contributed by atoms with van der Waals surface area (Å²) in [5.41, 5.74) is 2.51. The Labute approximate surface area is 123 Å². The van der Waals surface area contributed by atoms with Crippen LogP contribution in [0.25, 0.3) is 0 Å². The first-order chi connectivity index (χ1) is 9.77. The van der Waals surface area contributed by atoms with E-state index in [1.54, 1.807) is 6.07 Å². The zero-order chi connectivity index (χ0) is 15.6. The number of carbonyl (C=O) groups is 1. The van der Waals surface area contributed by atoms with Gasteiger partial charge in [0.05, 0.1) is 11.4 Å². The minimum absolute atomic E-state index is 0.108. The van der Waals surface area contributed by atoms with Crippen molar-refractivity contribution < 1.29 is 13.8 Å². The molecule has 21 heavy (non-hydrogen) atoms. The predicted octanol–water partition coefficient (Wildman–Crippen LogP) is 3.15. The van der Waals surface area contributed by atoms with Gasteiger partial charge in [0.1, 0.15) is 5.76 Å². The molecule has 0 fully saturated rings. The molecule has 0 saturated heterocycles. The van der Waals surface area contributed by atoms with E-state index in [2.05, 4.69) is 15.6 Å². The summed E-state index contributed by atoms with van der Waals surface area (Å²) in [6, 6.07) is 1.76. The SMILES string of the molecule is Cc1noc(C)c1CCC(=O)Nc1cc(C(C)(C)C)no1. The van der Waals surface area contributed by atoms with E-state index in [-0.39, 0.29) is 11.3 Å². The lowest BCUT2D eigenvalue weighted by Gasteiger charge is -2.12. The number of nitrogens with one attached hydrogen (secondary N) is 1. The number of aromatic nitrogens is 2. The number of aryl methyl sites for hydroxylation is 2. The number of amides is 1. The van der Waals surface area contributed by atoms with Gasteiger partial charge in [0.25, 0.3) is 0 Å². The highest BCUT2D eigenvalue weighted by molar-refractivity contribution is 5.89. The van der Waals surface area contributed by atoms with Crippen LogP contribution in [0, 0.1) is 13.8 Å². The molecule has 0 aromatic carbocycles. The summed E-state index contributed by atoms with van der Waals surface area (Å²) in [6.45, 7) is 9.82. The van der Waals surface area contributed by atoms with Gasteiger partial charge in [-0.15, -0.1) is 0 Å². The van der Waals surface area contributed by atoms with Crippen LogP contribution in [-0.2, 0) is 16.6 Å². The van der Waals surface area contributed by atoms with Gasteiger partial charge in [-0.2, -0.15) is 0 Å². The molecule has 0 unspecified atom stereocenters. The van der Waals surface area contributed by atoms with Crippen molar-refractivity contribution in [1.29, 1.82) is 0 Å². The van der Waals surface area contributed by atoms with Crippen LogP contribution in [0.3, 0.4) is 0 Å². The molecule has 0 aliphatic carbocycles. The summed E-state index contributed by atoms with van der Waals surface area (Å²) in [7, 11) is 0. The Bertz CT molecular complexity index is 615. The molecule has 2 aromatic rings. The van der Waals surface area contributed by atoms with Crippen LogP contribution in [-0.4, -0.2) is 16.2 Å². The molecule has 2 aromatic heterocycles. The van der Waals surface area contributed by atoms with Gasteiger partial charge < -0.3 is 9.05 Å². The Hall–Kier alpha value is -2.11. The van der Waals surface area contributed by atoms with Crippen molar-refractivity contribution >= 4 is 11.8 Å². The number of rotatable bonds is 4. The quantitative estimate of drug-likeness (QED) is 0.935. The van der Waals surface area contributed by atoms with E-state index in [4.69, 9.17) is 9.05 Å². The maximum Gasteiger partial charge on any atom is 0.231 e. The summed E-state index contributed by atoms with van der Waals surface area (Å²) in [5, 5.41) is 10.6. The van der Waals surface area contributed by atoms with Gasteiger partial charge in [0.15, 0.2) is 0 Å². The third-order valence-electron chi connectivity index (χ3n) is 3.32. The largest absolute Gasteiger partial charge is 0.361 e. The van der Waals surface area contributed by atoms with E-state index in [0.717, 1.165) is 22.7 Å². The Balaban J connectivity index is 1.92. The minimum Gasteiger partial charge on any atom is -0.361 e. The van der Waals surface area contributed by atoms with E-state index in [1.807, 2.05) is 34.6 Å². The molecular weight excluding hydrogens is 270 g/mol. The van der Waals surface area contributed by atoms with E-state index in [0.29, 0.717) is 18.7 Å². The highest BCUT2D eigenvalue weighted by Gasteiger charge is 2.20. The Morgan fingerprint density at radius 3 is 2.48 bits per heavy atom. The maximum atomic E-state index is 11.9. The zero-order valence-electron chi connectivity index (χ0n) is 13.1. The molecule has 0 radical (unpaired) electrons. The maximum absolute atomic E-state index is 11.9. The molecule has 0 spiro atoms. The van der Waals surface area contributed by atoms with Gasteiger partial charge in [-0.3, -0.25) is 10.1 Å². The minimum atomic E-state index is -0.119. The second kappa shape index (κ2) is 5.71. The highest BCUT2D eigenvalue weighted by atomic mass is 16.5. The summed E-state index contributed by atoms with van der Waals surface area (Å²) in [6.07, 6.45) is 0.932. The molecule has 114 valence electrons. The first-order valence-corrected chi connectivity index (χ1v) is 6.96. The van der Waals surface area contributed by atoms with Gasteiger partial charge in [-0.1, -0.05) is 31.1 Å². The van der Waals surface area contributed by atoms with Crippen LogP contribution in [0.5, 0.6) is 0 Å². The van der Waals surface area contributed by atoms with Gasteiger partial charge in [-0.25, -0.2) is 0 Å². The van der Waals surface area contributed by atoms with Gasteiger partial charge in [0, 0.05) is 23.5 Å². The van der Waals surface area contributed by atoms with Crippen LogP contribution in [0.4, 0.5) is 5.88 Å². The van der Waals surface area contributed by atoms with Crippen molar-refractivity contribution in [2.75, 3.05) is 5.32 Å². The monoisotopic (exact) mass is 291 g/mol. The van der Waals surface area contributed by atoms with Crippen molar-refractivity contribution in [3.8, 4) is 0 Å². The Kier molecular flexibility index (Phi) is 4.16. The lowest BCUT2D eigenvalue weighted by Crippen LogP contribution is -2.13. The number of nitrogens with zero attached hydrogens (tertiary/aromatic N) is 2. The number of hydrogen-bond acceptors (Lipinski definition) is 5. The van der Waals surface area contributed by atoms with Crippen molar-refractivity contribution in [2.24, 2.45) is 0 Å². The fraction of sp³-hybridized carbons (Fsp3) is 0.533. The summed E-state index contributed by atoms with van der Waals surface area (Å²) in [5.74, 6) is 1.02. The van der Waals surface area contributed by atoms with Crippen LogP contribution in [0.15, 0.2) is 15.1 Å².